The number of hydrogen-bond donors (Lipinski definition) is 0. The fourth-order valence-electron chi connectivity index (χ4n) is 2.21. The molecule has 0 heterocycles. The van der Waals surface area contributed by atoms with Crippen LogP contribution < -0.4 is 4.74 Å². The molecule has 1 aliphatic carbocycles. The lowest BCUT2D eigenvalue weighted by Gasteiger charge is -2.23. The smallest absolute Gasteiger partial charge is 0.341 e. The summed E-state index contributed by atoms with van der Waals surface area (Å²) in [6, 6.07) is 7.27. The van der Waals surface area contributed by atoms with Crippen LogP contribution in [0.3, 0.4) is 0 Å². The fraction of sp³-hybridized carbons (Fsp3) is 0.500. The average Bonchev–Trinajstić information content (AvgIpc) is 2.40. The Bertz CT molecular complexity index is 381. The molecule has 1 aromatic carbocycles. The molecule has 0 unspecified atom stereocenters. The lowest BCUT2D eigenvalue weighted by molar-refractivity contribution is 0.0590. The zero-order valence-electron chi connectivity index (χ0n) is 10.1. The number of rotatable bonds is 3. The minimum Gasteiger partial charge on any atom is -0.490 e. The second-order valence-electron chi connectivity index (χ2n) is 4.37. The van der Waals surface area contributed by atoms with Gasteiger partial charge in [0, 0.05) is 0 Å². The van der Waals surface area contributed by atoms with Gasteiger partial charge in [0.25, 0.3) is 0 Å². The number of methoxy groups -OCH3 is 1. The van der Waals surface area contributed by atoms with Crippen LogP contribution >= 0.6 is 0 Å². The maximum absolute atomic E-state index is 11.6. The summed E-state index contributed by atoms with van der Waals surface area (Å²) in [6.07, 6.45) is 6.12. The van der Waals surface area contributed by atoms with E-state index >= 15 is 0 Å². The largest absolute Gasteiger partial charge is 0.490 e. The van der Waals surface area contributed by atoms with E-state index < -0.39 is 0 Å². The lowest BCUT2D eigenvalue weighted by atomic mass is 9.97. The topological polar surface area (TPSA) is 35.5 Å². The van der Waals surface area contributed by atoms with Gasteiger partial charge in [-0.05, 0) is 37.8 Å². The van der Waals surface area contributed by atoms with Gasteiger partial charge in [-0.15, -0.1) is 0 Å². The van der Waals surface area contributed by atoms with Crippen molar-refractivity contribution in [2.75, 3.05) is 7.11 Å². The van der Waals surface area contributed by atoms with E-state index in [0.29, 0.717) is 11.3 Å². The van der Waals surface area contributed by atoms with Gasteiger partial charge in [-0.2, -0.15) is 0 Å². The molecule has 1 fully saturated rings. The normalized spacial score (nSPS) is 16.5. The van der Waals surface area contributed by atoms with Gasteiger partial charge < -0.3 is 9.47 Å². The monoisotopic (exact) mass is 234 g/mol. The molecule has 0 radical (unpaired) electrons. The van der Waals surface area contributed by atoms with Crippen molar-refractivity contribution in [2.45, 2.75) is 38.2 Å². The molecule has 17 heavy (non-hydrogen) atoms. The Hall–Kier alpha value is -1.51. The SMILES string of the molecule is COC(=O)c1ccccc1OC1CCCCC1. The molecule has 0 atom stereocenters. The zero-order valence-corrected chi connectivity index (χ0v) is 10.1. The summed E-state index contributed by atoms with van der Waals surface area (Å²) >= 11 is 0. The number of ether oxygens (including phenoxy) is 2. The Balaban J connectivity index is 2.11. The van der Waals surface area contributed by atoms with Crippen molar-refractivity contribution < 1.29 is 14.3 Å². The van der Waals surface area contributed by atoms with Crippen LogP contribution in [0.15, 0.2) is 24.3 Å². The van der Waals surface area contributed by atoms with Crippen LogP contribution in [0.2, 0.25) is 0 Å². The quantitative estimate of drug-likeness (QED) is 0.753. The summed E-state index contributed by atoms with van der Waals surface area (Å²) in [7, 11) is 1.39. The molecule has 92 valence electrons. The zero-order chi connectivity index (χ0) is 12.1. The molecular formula is C14H18O3. The van der Waals surface area contributed by atoms with Gasteiger partial charge in [0.1, 0.15) is 11.3 Å². The fourth-order valence-corrected chi connectivity index (χ4v) is 2.21. The molecule has 0 saturated heterocycles. The van der Waals surface area contributed by atoms with Gasteiger partial charge in [0.15, 0.2) is 0 Å². The van der Waals surface area contributed by atoms with Crippen molar-refractivity contribution in [2.24, 2.45) is 0 Å². The molecular weight excluding hydrogens is 216 g/mol. The first-order valence-electron chi connectivity index (χ1n) is 6.15. The third-order valence-electron chi connectivity index (χ3n) is 3.14. The average molecular weight is 234 g/mol. The summed E-state index contributed by atoms with van der Waals surface area (Å²) < 4.78 is 10.7. The van der Waals surface area contributed by atoms with E-state index in [2.05, 4.69) is 0 Å². The lowest BCUT2D eigenvalue weighted by Crippen LogP contribution is -2.21. The third-order valence-corrected chi connectivity index (χ3v) is 3.14. The van der Waals surface area contributed by atoms with Gasteiger partial charge in [-0.25, -0.2) is 4.79 Å². The van der Waals surface area contributed by atoms with Crippen molar-refractivity contribution in [1.29, 1.82) is 0 Å². The number of carbonyl (C=O) groups is 1. The molecule has 0 amide bonds. The van der Waals surface area contributed by atoms with Crippen molar-refractivity contribution in [3.63, 3.8) is 0 Å². The highest BCUT2D eigenvalue weighted by atomic mass is 16.5. The minimum absolute atomic E-state index is 0.245. The molecule has 3 nitrogen and oxygen atoms in total. The Morgan fingerprint density at radius 2 is 1.88 bits per heavy atom. The van der Waals surface area contributed by atoms with E-state index in [1.807, 2.05) is 18.2 Å². The van der Waals surface area contributed by atoms with Crippen molar-refractivity contribution in [3.8, 4) is 5.75 Å². The number of hydrogen-bond acceptors (Lipinski definition) is 3. The van der Waals surface area contributed by atoms with E-state index in [-0.39, 0.29) is 12.1 Å². The Labute approximate surface area is 102 Å². The molecule has 0 bridgehead atoms. The highest BCUT2D eigenvalue weighted by molar-refractivity contribution is 5.92. The van der Waals surface area contributed by atoms with E-state index in [4.69, 9.17) is 9.47 Å². The summed E-state index contributed by atoms with van der Waals surface area (Å²) in [5.74, 6) is 0.308. The summed E-state index contributed by atoms with van der Waals surface area (Å²) in [6.45, 7) is 0. The van der Waals surface area contributed by atoms with Crippen LogP contribution in [0.25, 0.3) is 0 Å². The van der Waals surface area contributed by atoms with E-state index in [1.165, 1.54) is 26.4 Å². The molecule has 0 spiro atoms. The standard InChI is InChI=1S/C14H18O3/c1-16-14(15)12-9-5-6-10-13(12)17-11-7-3-2-4-8-11/h5-6,9-11H,2-4,7-8H2,1H3. The van der Waals surface area contributed by atoms with Crippen molar-refractivity contribution >= 4 is 5.97 Å². The van der Waals surface area contributed by atoms with Crippen LogP contribution in [0.5, 0.6) is 5.75 Å². The number of carbonyl (C=O) groups excluding carboxylic acids is 1. The number of benzene rings is 1. The van der Waals surface area contributed by atoms with Crippen LogP contribution in [0.4, 0.5) is 0 Å². The van der Waals surface area contributed by atoms with Gasteiger partial charge in [-0.1, -0.05) is 18.6 Å². The van der Waals surface area contributed by atoms with Gasteiger partial charge in [0.2, 0.25) is 0 Å². The van der Waals surface area contributed by atoms with Crippen LogP contribution in [-0.4, -0.2) is 19.2 Å². The van der Waals surface area contributed by atoms with E-state index in [0.717, 1.165) is 12.8 Å². The van der Waals surface area contributed by atoms with E-state index in [9.17, 15) is 4.79 Å². The second-order valence-corrected chi connectivity index (χ2v) is 4.37. The number of esters is 1. The summed E-state index contributed by atoms with van der Waals surface area (Å²) in [4.78, 5) is 11.6. The van der Waals surface area contributed by atoms with Gasteiger partial charge >= 0.3 is 5.97 Å². The molecule has 2 rings (SSSR count). The number of para-hydroxylation sites is 1. The predicted octanol–water partition coefficient (Wildman–Crippen LogP) is 3.18. The first-order valence-corrected chi connectivity index (χ1v) is 6.15. The Kier molecular flexibility index (Phi) is 4.02. The molecule has 0 aromatic heterocycles. The Morgan fingerprint density at radius 3 is 2.59 bits per heavy atom. The molecule has 3 heteroatoms. The first kappa shape index (κ1) is 12.0. The predicted molar refractivity (Wildman–Crippen MR) is 65.3 cm³/mol. The van der Waals surface area contributed by atoms with E-state index in [1.54, 1.807) is 6.07 Å². The van der Waals surface area contributed by atoms with Gasteiger partial charge in [0.05, 0.1) is 13.2 Å². The maximum atomic E-state index is 11.6. The molecule has 0 N–H and O–H groups in total. The molecule has 1 saturated carbocycles. The molecule has 1 aromatic rings. The minimum atomic E-state index is -0.337. The second kappa shape index (κ2) is 5.71. The molecule has 0 aliphatic heterocycles. The van der Waals surface area contributed by atoms with Crippen LogP contribution in [0.1, 0.15) is 42.5 Å². The summed E-state index contributed by atoms with van der Waals surface area (Å²) in [5, 5.41) is 0. The molecule has 1 aliphatic rings. The van der Waals surface area contributed by atoms with Crippen LogP contribution in [-0.2, 0) is 4.74 Å². The summed E-state index contributed by atoms with van der Waals surface area (Å²) in [5.41, 5.74) is 0.514. The van der Waals surface area contributed by atoms with Crippen LogP contribution in [0, 0.1) is 0 Å². The highest BCUT2D eigenvalue weighted by Crippen LogP contribution is 2.26. The maximum Gasteiger partial charge on any atom is 0.341 e. The van der Waals surface area contributed by atoms with Crippen molar-refractivity contribution in [3.05, 3.63) is 29.8 Å². The first-order chi connectivity index (χ1) is 8.31. The highest BCUT2D eigenvalue weighted by Gasteiger charge is 2.18. The Morgan fingerprint density at radius 1 is 1.18 bits per heavy atom. The third kappa shape index (κ3) is 2.99. The van der Waals surface area contributed by atoms with Crippen molar-refractivity contribution in [1.82, 2.24) is 0 Å². The van der Waals surface area contributed by atoms with Gasteiger partial charge in [-0.3, -0.25) is 0 Å².